The number of piperidine rings is 1. The zero-order valence-corrected chi connectivity index (χ0v) is 20.9. The number of benzene rings is 2. The first-order valence-corrected chi connectivity index (χ1v) is 12.7. The van der Waals surface area contributed by atoms with Gasteiger partial charge in [0.25, 0.3) is 5.91 Å². The van der Waals surface area contributed by atoms with Crippen LogP contribution in [0.1, 0.15) is 80.3 Å². The summed E-state index contributed by atoms with van der Waals surface area (Å²) in [5.74, 6) is -1.54. The van der Waals surface area contributed by atoms with Crippen molar-refractivity contribution in [1.29, 1.82) is 0 Å². The third-order valence-electron chi connectivity index (χ3n) is 7.59. The van der Waals surface area contributed by atoms with Gasteiger partial charge in [-0.05, 0) is 72.4 Å². The lowest BCUT2D eigenvalue weighted by Crippen LogP contribution is -2.43. The van der Waals surface area contributed by atoms with E-state index in [4.69, 9.17) is 0 Å². The normalized spacial score (nSPS) is 21.1. The molecular formula is C29H36N2O4. The Kier molecular flexibility index (Phi) is 7.29. The third-order valence-corrected chi connectivity index (χ3v) is 7.59. The van der Waals surface area contributed by atoms with Gasteiger partial charge in [0.1, 0.15) is 0 Å². The molecule has 2 aliphatic rings. The van der Waals surface area contributed by atoms with Gasteiger partial charge in [0, 0.05) is 24.3 Å². The molecule has 0 unspecified atom stereocenters. The number of hydrogen-bond acceptors (Lipinski definition) is 3. The topological polar surface area (TPSA) is 86.7 Å². The molecule has 2 aromatic rings. The van der Waals surface area contributed by atoms with Crippen LogP contribution in [0, 0.1) is 11.8 Å². The summed E-state index contributed by atoms with van der Waals surface area (Å²) in [5.41, 5.74) is 3.76. The number of carboxylic acids is 1. The molecule has 6 nitrogen and oxygen atoms in total. The first kappa shape index (κ1) is 25.0. The van der Waals surface area contributed by atoms with Crippen molar-refractivity contribution >= 4 is 23.5 Å². The van der Waals surface area contributed by atoms with Crippen molar-refractivity contribution in [1.82, 2.24) is 4.90 Å². The van der Waals surface area contributed by atoms with Gasteiger partial charge >= 0.3 is 5.97 Å². The molecule has 2 amide bonds. The lowest BCUT2D eigenvalue weighted by Gasteiger charge is -2.34. The molecule has 1 heterocycles. The summed E-state index contributed by atoms with van der Waals surface area (Å²) >= 11 is 0. The van der Waals surface area contributed by atoms with Crippen molar-refractivity contribution in [3.05, 3.63) is 65.2 Å². The van der Waals surface area contributed by atoms with Crippen molar-refractivity contribution < 1.29 is 19.5 Å². The van der Waals surface area contributed by atoms with Gasteiger partial charge in [-0.3, -0.25) is 14.4 Å². The summed E-state index contributed by atoms with van der Waals surface area (Å²) in [6.07, 6.45) is 3.79. The minimum Gasteiger partial charge on any atom is -0.481 e. The fourth-order valence-corrected chi connectivity index (χ4v) is 5.39. The highest BCUT2D eigenvalue weighted by molar-refractivity contribution is 6.04. The van der Waals surface area contributed by atoms with E-state index >= 15 is 0 Å². The van der Waals surface area contributed by atoms with Crippen LogP contribution in [0.4, 0.5) is 5.69 Å². The van der Waals surface area contributed by atoms with Crippen LogP contribution in [0.5, 0.6) is 0 Å². The molecule has 2 atom stereocenters. The number of aliphatic carboxylic acids is 1. The number of carboxylic acid groups (broad SMARTS) is 1. The number of nitrogens with zero attached hydrogens (tertiary/aromatic N) is 1. The number of likely N-dealkylation sites (tertiary alicyclic amines) is 1. The van der Waals surface area contributed by atoms with Crippen LogP contribution in [-0.2, 0) is 15.0 Å². The van der Waals surface area contributed by atoms with E-state index < -0.39 is 11.9 Å². The van der Waals surface area contributed by atoms with Gasteiger partial charge in [-0.2, -0.15) is 0 Å². The molecule has 1 aliphatic heterocycles. The van der Waals surface area contributed by atoms with Crippen molar-refractivity contribution in [2.45, 2.75) is 64.2 Å². The standard InChI is InChI=1S/C29H36N2O4/c1-29(2,3)22-6-4-7-23(18-22)30-26(32)21-12-10-19(11-13-21)20-14-16-31(17-15-20)27(33)24-8-5-9-25(24)28(34)35/h4,6-7,10-13,18,20,24-25H,5,8-9,14-17H2,1-3H3,(H,30,32)(H,34,35)/t24-,25-/m1/s1. The van der Waals surface area contributed by atoms with Gasteiger partial charge in [-0.15, -0.1) is 0 Å². The van der Waals surface area contributed by atoms with E-state index in [0.717, 1.165) is 24.9 Å². The van der Waals surface area contributed by atoms with Crippen LogP contribution in [0.25, 0.3) is 0 Å². The molecule has 0 spiro atoms. The first-order chi connectivity index (χ1) is 16.6. The predicted octanol–water partition coefficient (Wildman–Crippen LogP) is 5.44. The Labute approximate surface area is 207 Å². The smallest absolute Gasteiger partial charge is 0.307 e. The molecule has 2 fully saturated rings. The molecule has 4 rings (SSSR count). The van der Waals surface area contributed by atoms with Crippen LogP contribution in [0.2, 0.25) is 0 Å². The Balaban J connectivity index is 1.33. The fourth-order valence-electron chi connectivity index (χ4n) is 5.39. The molecule has 2 N–H and O–H groups in total. The lowest BCUT2D eigenvalue weighted by molar-refractivity contribution is -0.149. The third kappa shape index (κ3) is 5.75. The Morgan fingerprint density at radius 1 is 0.914 bits per heavy atom. The van der Waals surface area contributed by atoms with E-state index in [1.54, 1.807) is 0 Å². The van der Waals surface area contributed by atoms with Gasteiger partial charge in [0.15, 0.2) is 0 Å². The fraction of sp³-hybridized carbons (Fsp3) is 0.483. The summed E-state index contributed by atoms with van der Waals surface area (Å²) < 4.78 is 0. The minimum absolute atomic E-state index is 0.0101. The highest BCUT2D eigenvalue weighted by atomic mass is 16.4. The van der Waals surface area contributed by atoms with E-state index in [0.29, 0.717) is 37.4 Å². The summed E-state index contributed by atoms with van der Waals surface area (Å²) in [6, 6.07) is 15.7. The number of hydrogen-bond donors (Lipinski definition) is 2. The molecule has 0 aromatic heterocycles. The van der Waals surface area contributed by atoms with E-state index in [-0.39, 0.29) is 23.1 Å². The predicted molar refractivity (Wildman–Crippen MR) is 137 cm³/mol. The summed E-state index contributed by atoms with van der Waals surface area (Å²) in [6.45, 7) is 7.75. The monoisotopic (exact) mass is 476 g/mol. The van der Waals surface area contributed by atoms with E-state index in [9.17, 15) is 19.5 Å². The Morgan fingerprint density at radius 2 is 1.57 bits per heavy atom. The molecule has 1 aliphatic carbocycles. The molecule has 0 radical (unpaired) electrons. The van der Waals surface area contributed by atoms with Crippen molar-refractivity contribution in [2.75, 3.05) is 18.4 Å². The van der Waals surface area contributed by atoms with Crippen LogP contribution in [0.3, 0.4) is 0 Å². The number of rotatable bonds is 5. The lowest BCUT2D eigenvalue weighted by atomic mass is 9.87. The number of nitrogens with one attached hydrogen (secondary N) is 1. The molecule has 35 heavy (non-hydrogen) atoms. The quantitative estimate of drug-likeness (QED) is 0.601. The summed E-state index contributed by atoms with van der Waals surface area (Å²) in [7, 11) is 0. The molecule has 1 saturated carbocycles. The molecule has 2 aromatic carbocycles. The second-order valence-electron chi connectivity index (χ2n) is 11.0. The average molecular weight is 477 g/mol. The highest BCUT2D eigenvalue weighted by Crippen LogP contribution is 2.35. The SMILES string of the molecule is CC(C)(C)c1cccc(NC(=O)c2ccc(C3CCN(C(=O)[C@@H]4CCC[C@H]4C(=O)O)CC3)cc2)c1. The maximum Gasteiger partial charge on any atom is 0.307 e. The summed E-state index contributed by atoms with van der Waals surface area (Å²) in [5, 5.41) is 12.4. The Morgan fingerprint density at radius 3 is 2.20 bits per heavy atom. The van der Waals surface area contributed by atoms with Crippen LogP contribution in [-0.4, -0.2) is 40.9 Å². The van der Waals surface area contributed by atoms with E-state index in [2.05, 4.69) is 32.2 Å². The molecule has 6 heteroatoms. The Bertz CT molecular complexity index is 1080. The minimum atomic E-state index is -0.846. The van der Waals surface area contributed by atoms with E-state index in [1.807, 2.05) is 47.4 Å². The van der Waals surface area contributed by atoms with Crippen molar-refractivity contribution in [3.8, 4) is 0 Å². The summed E-state index contributed by atoms with van der Waals surface area (Å²) in [4.78, 5) is 39.0. The second kappa shape index (κ2) is 10.2. The first-order valence-electron chi connectivity index (χ1n) is 12.7. The molecule has 1 saturated heterocycles. The number of amides is 2. The van der Waals surface area contributed by atoms with Crippen LogP contribution in [0.15, 0.2) is 48.5 Å². The van der Waals surface area contributed by atoms with Crippen LogP contribution < -0.4 is 5.32 Å². The van der Waals surface area contributed by atoms with Crippen LogP contribution >= 0.6 is 0 Å². The molecule has 0 bridgehead atoms. The number of anilines is 1. The highest BCUT2D eigenvalue weighted by Gasteiger charge is 2.40. The average Bonchev–Trinajstić information content (AvgIpc) is 3.34. The largest absolute Gasteiger partial charge is 0.481 e. The van der Waals surface area contributed by atoms with Gasteiger partial charge in [-0.25, -0.2) is 0 Å². The van der Waals surface area contributed by atoms with Gasteiger partial charge in [-0.1, -0.05) is 51.5 Å². The Hall–Kier alpha value is -3.15. The second-order valence-corrected chi connectivity index (χ2v) is 11.0. The maximum atomic E-state index is 12.9. The molecule has 186 valence electrons. The van der Waals surface area contributed by atoms with Crippen molar-refractivity contribution in [2.24, 2.45) is 11.8 Å². The maximum absolute atomic E-state index is 12.9. The number of carbonyl (C=O) groups is 3. The van der Waals surface area contributed by atoms with Gasteiger partial charge < -0.3 is 15.3 Å². The van der Waals surface area contributed by atoms with E-state index in [1.165, 1.54) is 11.1 Å². The number of carbonyl (C=O) groups excluding carboxylic acids is 2. The zero-order valence-electron chi connectivity index (χ0n) is 20.9. The van der Waals surface area contributed by atoms with Crippen molar-refractivity contribution in [3.63, 3.8) is 0 Å². The molecular weight excluding hydrogens is 440 g/mol. The zero-order chi connectivity index (χ0) is 25.2. The van der Waals surface area contributed by atoms with Gasteiger partial charge in [0.2, 0.25) is 5.91 Å². The van der Waals surface area contributed by atoms with Gasteiger partial charge in [0.05, 0.1) is 11.8 Å².